The van der Waals surface area contributed by atoms with Gasteiger partial charge < -0.3 is 5.32 Å². The molecule has 2 aromatic rings. The van der Waals surface area contributed by atoms with Gasteiger partial charge in [0.1, 0.15) is 0 Å². The van der Waals surface area contributed by atoms with Crippen LogP contribution in [-0.4, -0.2) is 16.8 Å². The summed E-state index contributed by atoms with van der Waals surface area (Å²) in [6.45, 7) is 2.01. The SMILES string of the molecule is CNC(Cc1cc(C)nn1C)c1ccc(Cl)c(Br)c1. The molecule has 0 spiro atoms. The largest absolute Gasteiger partial charge is 0.313 e. The summed E-state index contributed by atoms with van der Waals surface area (Å²) in [5.41, 5.74) is 3.46. The first-order valence-electron chi connectivity index (χ1n) is 6.13. The van der Waals surface area contributed by atoms with E-state index >= 15 is 0 Å². The summed E-state index contributed by atoms with van der Waals surface area (Å²) >= 11 is 9.51. The molecule has 3 nitrogen and oxygen atoms in total. The number of benzene rings is 1. The lowest BCUT2D eigenvalue weighted by molar-refractivity contribution is 0.561. The van der Waals surface area contributed by atoms with E-state index in [1.54, 1.807) is 0 Å². The lowest BCUT2D eigenvalue weighted by Gasteiger charge is -2.17. The fraction of sp³-hybridized carbons (Fsp3) is 0.357. The van der Waals surface area contributed by atoms with E-state index in [1.165, 1.54) is 11.3 Å². The average Bonchev–Trinajstić information content (AvgIpc) is 2.68. The fourth-order valence-corrected chi connectivity index (χ4v) is 2.69. The summed E-state index contributed by atoms with van der Waals surface area (Å²) in [5, 5.41) is 8.46. The number of halogens is 2. The molecular formula is C14H17BrClN3. The van der Waals surface area contributed by atoms with Crippen LogP contribution >= 0.6 is 27.5 Å². The molecule has 0 bridgehead atoms. The van der Waals surface area contributed by atoms with Gasteiger partial charge in [-0.1, -0.05) is 17.7 Å². The molecule has 1 atom stereocenters. The zero-order chi connectivity index (χ0) is 14.0. The smallest absolute Gasteiger partial charge is 0.0596 e. The molecule has 0 amide bonds. The third-order valence-electron chi connectivity index (χ3n) is 3.21. The number of nitrogens with zero attached hydrogens (tertiary/aromatic N) is 2. The summed E-state index contributed by atoms with van der Waals surface area (Å²) in [6, 6.07) is 8.39. The second-order valence-corrected chi connectivity index (χ2v) is 5.88. The zero-order valence-electron chi connectivity index (χ0n) is 11.2. The van der Waals surface area contributed by atoms with Crippen molar-refractivity contribution in [2.24, 2.45) is 7.05 Å². The molecule has 1 aromatic carbocycles. The standard InChI is InChI=1S/C14H17BrClN3/c1-9-6-11(19(3)18-9)8-14(17-2)10-4-5-13(16)12(15)7-10/h4-7,14,17H,8H2,1-3H3. The Balaban J connectivity index is 2.24. The van der Waals surface area contributed by atoms with E-state index in [4.69, 9.17) is 11.6 Å². The second kappa shape index (κ2) is 6.07. The van der Waals surface area contributed by atoms with Crippen LogP contribution in [-0.2, 0) is 13.5 Å². The molecule has 19 heavy (non-hydrogen) atoms. The third-order valence-corrected chi connectivity index (χ3v) is 4.42. The van der Waals surface area contributed by atoms with Crippen LogP contribution in [0.4, 0.5) is 0 Å². The van der Waals surface area contributed by atoms with Crippen LogP contribution in [0, 0.1) is 6.92 Å². The molecule has 0 saturated carbocycles. The van der Waals surface area contributed by atoms with Gasteiger partial charge in [0, 0.05) is 29.7 Å². The average molecular weight is 343 g/mol. The van der Waals surface area contributed by atoms with Gasteiger partial charge >= 0.3 is 0 Å². The van der Waals surface area contributed by atoms with E-state index < -0.39 is 0 Å². The lowest BCUT2D eigenvalue weighted by Crippen LogP contribution is -2.20. The van der Waals surface area contributed by atoms with Crippen molar-refractivity contribution in [1.29, 1.82) is 0 Å². The summed E-state index contributed by atoms with van der Waals surface area (Å²) in [4.78, 5) is 0. The molecule has 102 valence electrons. The summed E-state index contributed by atoms with van der Waals surface area (Å²) in [6.07, 6.45) is 0.891. The Hall–Kier alpha value is -0.840. The predicted molar refractivity (Wildman–Crippen MR) is 82.6 cm³/mol. The second-order valence-electron chi connectivity index (χ2n) is 4.62. The highest BCUT2D eigenvalue weighted by Gasteiger charge is 2.14. The zero-order valence-corrected chi connectivity index (χ0v) is 13.6. The normalized spacial score (nSPS) is 12.7. The Kier molecular flexibility index (Phi) is 4.66. The topological polar surface area (TPSA) is 29.9 Å². The van der Waals surface area contributed by atoms with Crippen LogP contribution in [0.2, 0.25) is 5.02 Å². The van der Waals surface area contributed by atoms with Crippen molar-refractivity contribution in [1.82, 2.24) is 15.1 Å². The quantitative estimate of drug-likeness (QED) is 0.919. The maximum absolute atomic E-state index is 6.04. The Bertz CT molecular complexity index is 580. The number of likely N-dealkylation sites (N-methyl/N-ethyl adjacent to an activating group) is 1. The molecule has 0 aliphatic carbocycles. The first-order chi connectivity index (χ1) is 9.01. The van der Waals surface area contributed by atoms with Crippen molar-refractivity contribution in [2.45, 2.75) is 19.4 Å². The van der Waals surface area contributed by atoms with Gasteiger partial charge in [-0.05, 0) is 53.7 Å². The molecule has 0 saturated heterocycles. The van der Waals surface area contributed by atoms with Crippen molar-refractivity contribution in [3.05, 3.63) is 50.7 Å². The van der Waals surface area contributed by atoms with Crippen molar-refractivity contribution in [3.63, 3.8) is 0 Å². The minimum Gasteiger partial charge on any atom is -0.313 e. The Morgan fingerprint density at radius 2 is 2.16 bits per heavy atom. The van der Waals surface area contributed by atoms with E-state index in [0.717, 1.165) is 21.6 Å². The lowest BCUT2D eigenvalue weighted by atomic mass is 10.0. The number of nitrogens with one attached hydrogen (secondary N) is 1. The molecule has 2 rings (SSSR count). The molecule has 0 fully saturated rings. The number of aromatic nitrogens is 2. The summed E-state index contributed by atoms with van der Waals surface area (Å²) in [7, 11) is 3.95. The van der Waals surface area contributed by atoms with Gasteiger partial charge in [-0.2, -0.15) is 5.10 Å². The van der Waals surface area contributed by atoms with Crippen molar-refractivity contribution < 1.29 is 0 Å². The van der Waals surface area contributed by atoms with Crippen molar-refractivity contribution in [2.75, 3.05) is 7.05 Å². The maximum Gasteiger partial charge on any atom is 0.0596 e. The van der Waals surface area contributed by atoms with Crippen molar-refractivity contribution in [3.8, 4) is 0 Å². The summed E-state index contributed by atoms with van der Waals surface area (Å²) in [5.74, 6) is 0. The fourth-order valence-electron chi connectivity index (χ4n) is 2.18. The third kappa shape index (κ3) is 3.38. The molecule has 1 N–H and O–H groups in total. The highest BCUT2D eigenvalue weighted by molar-refractivity contribution is 9.10. The van der Waals surface area contributed by atoms with Crippen LogP contribution < -0.4 is 5.32 Å². The van der Waals surface area contributed by atoms with Crippen LogP contribution in [0.3, 0.4) is 0 Å². The molecule has 0 radical (unpaired) electrons. The predicted octanol–water partition coefficient (Wildman–Crippen LogP) is 3.65. The molecule has 1 unspecified atom stereocenters. The van der Waals surface area contributed by atoms with Gasteiger partial charge in [0.05, 0.1) is 10.7 Å². The van der Waals surface area contributed by atoms with Crippen LogP contribution in [0.5, 0.6) is 0 Å². The minimum absolute atomic E-state index is 0.239. The molecule has 5 heteroatoms. The number of hydrogen-bond acceptors (Lipinski definition) is 2. The van der Waals surface area contributed by atoms with Gasteiger partial charge in [0.15, 0.2) is 0 Å². The molecule has 1 heterocycles. The van der Waals surface area contributed by atoms with E-state index in [2.05, 4.69) is 44.5 Å². The van der Waals surface area contributed by atoms with E-state index in [-0.39, 0.29) is 6.04 Å². The number of aryl methyl sites for hydroxylation is 2. The monoisotopic (exact) mass is 341 g/mol. The van der Waals surface area contributed by atoms with Gasteiger partial charge in [-0.3, -0.25) is 4.68 Å². The Morgan fingerprint density at radius 3 is 2.68 bits per heavy atom. The van der Waals surface area contributed by atoms with Crippen LogP contribution in [0.25, 0.3) is 0 Å². The highest BCUT2D eigenvalue weighted by Crippen LogP contribution is 2.27. The van der Waals surface area contributed by atoms with Crippen LogP contribution in [0.15, 0.2) is 28.7 Å². The summed E-state index contributed by atoms with van der Waals surface area (Å²) < 4.78 is 2.86. The van der Waals surface area contributed by atoms with Gasteiger partial charge in [-0.25, -0.2) is 0 Å². The molecule has 1 aromatic heterocycles. The van der Waals surface area contributed by atoms with Crippen molar-refractivity contribution >= 4 is 27.5 Å². The van der Waals surface area contributed by atoms with E-state index in [1.807, 2.05) is 31.8 Å². The number of hydrogen-bond donors (Lipinski definition) is 1. The molecule has 0 aliphatic heterocycles. The van der Waals surface area contributed by atoms with E-state index in [0.29, 0.717) is 0 Å². The molecule has 0 aliphatic rings. The minimum atomic E-state index is 0.239. The Morgan fingerprint density at radius 1 is 1.42 bits per heavy atom. The van der Waals surface area contributed by atoms with Gasteiger partial charge in [0.25, 0.3) is 0 Å². The Labute approximate surface area is 127 Å². The van der Waals surface area contributed by atoms with Crippen LogP contribution in [0.1, 0.15) is 23.0 Å². The first-order valence-corrected chi connectivity index (χ1v) is 7.30. The van der Waals surface area contributed by atoms with Gasteiger partial charge in [-0.15, -0.1) is 0 Å². The maximum atomic E-state index is 6.04. The molecular weight excluding hydrogens is 326 g/mol. The first kappa shape index (κ1) is 14.6. The van der Waals surface area contributed by atoms with Gasteiger partial charge in [0.2, 0.25) is 0 Å². The highest BCUT2D eigenvalue weighted by atomic mass is 79.9. The van der Waals surface area contributed by atoms with E-state index in [9.17, 15) is 0 Å². The number of rotatable bonds is 4.